The molecule has 0 radical (unpaired) electrons. The quantitative estimate of drug-likeness (QED) is 0.603. The molecule has 1 N–H and O–H groups in total. The molecule has 1 aliphatic carbocycles. The topological polar surface area (TPSA) is 12.0 Å². The second-order valence-corrected chi connectivity index (χ2v) is 4.24. The Kier molecular flexibility index (Phi) is 4.07. The van der Waals surface area contributed by atoms with Crippen LogP contribution in [0, 0.1) is 5.41 Å². The Labute approximate surface area is 76.9 Å². The maximum atomic E-state index is 3.58. The predicted octanol–water partition coefficient (Wildman–Crippen LogP) is 2.96. The monoisotopic (exact) mass is 169 g/mol. The Bertz CT molecular complexity index is 111. The molecule has 0 spiro atoms. The Hall–Kier alpha value is -0.0400. The zero-order valence-electron chi connectivity index (χ0n) is 8.66. The van der Waals surface area contributed by atoms with E-state index in [9.17, 15) is 0 Å². The van der Waals surface area contributed by atoms with E-state index in [1.165, 1.54) is 51.6 Å². The van der Waals surface area contributed by atoms with E-state index in [1.807, 2.05) is 0 Å². The fourth-order valence-corrected chi connectivity index (χ4v) is 1.99. The van der Waals surface area contributed by atoms with Crippen molar-refractivity contribution in [3.05, 3.63) is 0 Å². The van der Waals surface area contributed by atoms with Crippen LogP contribution in [-0.4, -0.2) is 13.1 Å². The van der Waals surface area contributed by atoms with Crippen LogP contribution >= 0.6 is 0 Å². The summed E-state index contributed by atoms with van der Waals surface area (Å²) in [4.78, 5) is 0. The lowest BCUT2D eigenvalue weighted by Gasteiger charge is -2.41. The molecule has 0 amide bonds. The highest BCUT2D eigenvalue weighted by Crippen LogP contribution is 2.42. The zero-order valence-corrected chi connectivity index (χ0v) is 8.66. The SMILES string of the molecule is CCCCNCC1(CC)CCC1. The fourth-order valence-electron chi connectivity index (χ4n) is 1.99. The summed E-state index contributed by atoms with van der Waals surface area (Å²) >= 11 is 0. The predicted molar refractivity (Wildman–Crippen MR) is 54.4 cm³/mol. The van der Waals surface area contributed by atoms with Crippen molar-refractivity contribution >= 4 is 0 Å². The zero-order chi connectivity index (χ0) is 8.86. The fraction of sp³-hybridized carbons (Fsp3) is 1.00. The van der Waals surface area contributed by atoms with E-state index in [2.05, 4.69) is 19.2 Å². The normalized spacial score (nSPS) is 20.5. The van der Waals surface area contributed by atoms with Gasteiger partial charge in [0.1, 0.15) is 0 Å². The van der Waals surface area contributed by atoms with Gasteiger partial charge in [-0.05, 0) is 37.6 Å². The van der Waals surface area contributed by atoms with Gasteiger partial charge in [0, 0.05) is 6.54 Å². The van der Waals surface area contributed by atoms with Crippen molar-refractivity contribution in [3.63, 3.8) is 0 Å². The number of unbranched alkanes of at least 4 members (excludes halogenated alkanes) is 1. The molecule has 0 atom stereocenters. The molecular formula is C11H23N. The molecule has 0 saturated heterocycles. The lowest BCUT2D eigenvalue weighted by atomic mass is 9.67. The van der Waals surface area contributed by atoms with E-state index < -0.39 is 0 Å². The third-order valence-electron chi connectivity index (χ3n) is 3.37. The van der Waals surface area contributed by atoms with Gasteiger partial charge in [0.25, 0.3) is 0 Å². The van der Waals surface area contributed by atoms with E-state index in [-0.39, 0.29) is 0 Å². The first-order valence-corrected chi connectivity index (χ1v) is 5.54. The molecule has 0 aliphatic heterocycles. The van der Waals surface area contributed by atoms with Gasteiger partial charge in [-0.15, -0.1) is 0 Å². The molecule has 0 unspecified atom stereocenters. The number of hydrogen-bond acceptors (Lipinski definition) is 1. The van der Waals surface area contributed by atoms with Gasteiger partial charge in [0.15, 0.2) is 0 Å². The molecule has 72 valence electrons. The van der Waals surface area contributed by atoms with Gasteiger partial charge in [-0.2, -0.15) is 0 Å². The third kappa shape index (κ3) is 2.48. The van der Waals surface area contributed by atoms with Crippen LogP contribution in [0.5, 0.6) is 0 Å². The molecular weight excluding hydrogens is 146 g/mol. The lowest BCUT2D eigenvalue weighted by molar-refractivity contribution is 0.124. The van der Waals surface area contributed by atoms with Gasteiger partial charge in [0.05, 0.1) is 0 Å². The molecule has 0 bridgehead atoms. The Morgan fingerprint density at radius 1 is 1.25 bits per heavy atom. The van der Waals surface area contributed by atoms with E-state index >= 15 is 0 Å². The van der Waals surface area contributed by atoms with Crippen LogP contribution < -0.4 is 5.32 Å². The first-order chi connectivity index (χ1) is 5.83. The van der Waals surface area contributed by atoms with E-state index in [0.717, 1.165) is 0 Å². The first kappa shape index (κ1) is 10.0. The van der Waals surface area contributed by atoms with Gasteiger partial charge >= 0.3 is 0 Å². The summed E-state index contributed by atoms with van der Waals surface area (Å²) < 4.78 is 0. The number of hydrogen-bond donors (Lipinski definition) is 1. The molecule has 1 rings (SSSR count). The van der Waals surface area contributed by atoms with Crippen LogP contribution in [0.1, 0.15) is 52.4 Å². The van der Waals surface area contributed by atoms with Crippen LogP contribution in [0.3, 0.4) is 0 Å². The Balaban J connectivity index is 2.04. The Morgan fingerprint density at radius 3 is 2.42 bits per heavy atom. The molecule has 1 saturated carbocycles. The van der Waals surface area contributed by atoms with Crippen molar-refractivity contribution in [1.29, 1.82) is 0 Å². The van der Waals surface area contributed by atoms with Crippen LogP contribution in [0.4, 0.5) is 0 Å². The smallest absolute Gasteiger partial charge is 0.000770 e. The average Bonchev–Trinajstić information content (AvgIpc) is 2.02. The summed E-state index contributed by atoms with van der Waals surface area (Å²) in [5, 5.41) is 3.58. The summed E-state index contributed by atoms with van der Waals surface area (Å²) in [6.45, 7) is 7.07. The minimum atomic E-state index is 0.702. The standard InChI is InChI=1S/C11H23N/c1-3-5-9-12-10-11(4-2)7-6-8-11/h12H,3-10H2,1-2H3. The lowest BCUT2D eigenvalue weighted by Crippen LogP contribution is -2.39. The van der Waals surface area contributed by atoms with Crippen molar-refractivity contribution < 1.29 is 0 Å². The van der Waals surface area contributed by atoms with E-state index in [1.54, 1.807) is 0 Å². The van der Waals surface area contributed by atoms with Crippen LogP contribution in [0.25, 0.3) is 0 Å². The van der Waals surface area contributed by atoms with Gasteiger partial charge in [-0.1, -0.05) is 26.7 Å². The van der Waals surface area contributed by atoms with Crippen molar-refractivity contribution in [2.75, 3.05) is 13.1 Å². The molecule has 0 aromatic heterocycles. The van der Waals surface area contributed by atoms with Crippen molar-refractivity contribution in [1.82, 2.24) is 5.32 Å². The summed E-state index contributed by atoms with van der Waals surface area (Å²) in [5.41, 5.74) is 0.702. The third-order valence-corrected chi connectivity index (χ3v) is 3.37. The second-order valence-electron chi connectivity index (χ2n) is 4.24. The van der Waals surface area contributed by atoms with Crippen molar-refractivity contribution in [3.8, 4) is 0 Å². The van der Waals surface area contributed by atoms with E-state index in [4.69, 9.17) is 0 Å². The molecule has 0 aromatic rings. The molecule has 1 fully saturated rings. The highest BCUT2D eigenvalue weighted by Gasteiger charge is 2.34. The van der Waals surface area contributed by atoms with Gasteiger partial charge in [-0.3, -0.25) is 0 Å². The van der Waals surface area contributed by atoms with Gasteiger partial charge < -0.3 is 5.32 Å². The molecule has 12 heavy (non-hydrogen) atoms. The van der Waals surface area contributed by atoms with Crippen LogP contribution in [0.2, 0.25) is 0 Å². The molecule has 1 aliphatic rings. The van der Waals surface area contributed by atoms with E-state index in [0.29, 0.717) is 5.41 Å². The minimum Gasteiger partial charge on any atom is -0.316 e. The summed E-state index contributed by atoms with van der Waals surface area (Å²) in [7, 11) is 0. The van der Waals surface area contributed by atoms with Crippen LogP contribution in [0.15, 0.2) is 0 Å². The Morgan fingerprint density at radius 2 is 2.00 bits per heavy atom. The summed E-state index contributed by atoms with van der Waals surface area (Å²) in [5.74, 6) is 0. The molecule has 1 heteroatoms. The maximum Gasteiger partial charge on any atom is 0.000770 e. The second kappa shape index (κ2) is 4.86. The summed E-state index contributed by atoms with van der Waals surface area (Å²) in [6, 6.07) is 0. The minimum absolute atomic E-state index is 0.702. The van der Waals surface area contributed by atoms with Gasteiger partial charge in [-0.25, -0.2) is 0 Å². The maximum absolute atomic E-state index is 3.58. The van der Waals surface area contributed by atoms with Crippen molar-refractivity contribution in [2.45, 2.75) is 52.4 Å². The molecule has 0 aromatic carbocycles. The molecule has 0 heterocycles. The summed E-state index contributed by atoms with van der Waals surface area (Å²) in [6.07, 6.45) is 8.40. The number of nitrogens with one attached hydrogen (secondary N) is 1. The van der Waals surface area contributed by atoms with Crippen molar-refractivity contribution in [2.24, 2.45) is 5.41 Å². The number of rotatable bonds is 6. The van der Waals surface area contributed by atoms with Crippen LogP contribution in [-0.2, 0) is 0 Å². The largest absolute Gasteiger partial charge is 0.316 e. The molecule has 1 nitrogen and oxygen atoms in total. The highest BCUT2D eigenvalue weighted by molar-refractivity contribution is 4.88. The average molecular weight is 169 g/mol. The first-order valence-electron chi connectivity index (χ1n) is 5.54. The highest BCUT2D eigenvalue weighted by atomic mass is 14.9. The van der Waals surface area contributed by atoms with Gasteiger partial charge in [0.2, 0.25) is 0 Å².